The number of aryl methyl sites for hydroxylation is 1. The first-order valence-corrected chi connectivity index (χ1v) is 19.1. The Morgan fingerprint density at radius 3 is 2.00 bits per heavy atom. The van der Waals surface area contributed by atoms with Gasteiger partial charge in [-0.15, -0.1) is 0 Å². The van der Waals surface area contributed by atoms with Crippen molar-refractivity contribution in [1.82, 2.24) is 0 Å². The lowest BCUT2D eigenvalue weighted by molar-refractivity contribution is -0.188. The SMILES string of the molecule is CC[C@H]1O[C@@H](c2cc(Br)c(C(C)C)cc2C)[C@@H](O[Si](C)(C)C)[C@@H](O[Si](C)(C)C)[C@H]1C. The zero-order valence-electron chi connectivity index (χ0n) is 20.9. The molecule has 2 rings (SSSR count). The van der Waals surface area contributed by atoms with E-state index < -0.39 is 16.6 Å². The van der Waals surface area contributed by atoms with E-state index >= 15 is 0 Å². The van der Waals surface area contributed by atoms with E-state index in [0.717, 1.165) is 10.9 Å². The highest BCUT2D eigenvalue weighted by Crippen LogP contribution is 2.43. The largest absolute Gasteiger partial charge is 0.412 e. The monoisotopic (exact) mass is 514 g/mol. The first-order chi connectivity index (χ1) is 13.6. The first kappa shape index (κ1) is 26.3. The highest BCUT2D eigenvalue weighted by Gasteiger charge is 2.48. The van der Waals surface area contributed by atoms with Gasteiger partial charge in [0.15, 0.2) is 16.6 Å². The van der Waals surface area contributed by atoms with Gasteiger partial charge in [0.05, 0.1) is 12.2 Å². The van der Waals surface area contributed by atoms with Crippen LogP contribution in [0.4, 0.5) is 0 Å². The summed E-state index contributed by atoms with van der Waals surface area (Å²) < 4.78 is 21.6. The lowest BCUT2D eigenvalue weighted by atomic mass is 9.83. The topological polar surface area (TPSA) is 27.7 Å². The minimum absolute atomic E-state index is 0.0510. The van der Waals surface area contributed by atoms with Crippen LogP contribution in [0.15, 0.2) is 16.6 Å². The summed E-state index contributed by atoms with van der Waals surface area (Å²) in [6.07, 6.45) is 0.997. The highest BCUT2D eigenvalue weighted by atomic mass is 79.9. The van der Waals surface area contributed by atoms with Crippen LogP contribution in [-0.4, -0.2) is 34.9 Å². The summed E-state index contributed by atoms with van der Waals surface area (Å²) in [5.41, 5.74) is 3.83. The van der Waals surface area contributed by atoms with Crippen LogP contribution in [0.5, 0.6) is 0 Å². The Morgan fingerprint density at radius 1 is 1.00 bits per heavy atom. The average Bonchev–Trinajstić information content (AvgIpc) is 2.58. The van der Waals surface area contributed by atoms with Gasteiger partial charge in [-0.25, -0.2) is 0 Å². The van der Waals surface area contributed by atoms with Gasteiger partial charge in [0.1, 0.15) is 12.2 Å². The van der Waals surface area contributed by atoms with Crippen molar-refractivity contribution in [3.8, 4) is 0 Å². The number of halogens is 1. The molecule has 1 aromatic rings. The lowest BCUT2D eigenvalue weighted by Gasteiger charge is -2.49. The van der Waals surface area contributed by atoms with E-state index in [4.69, 9.17) is 13.6 Å². The van der Waals surface area contributed by atoms with Crippen LogP contribution < -0.4 is 0 Å². The van der Waals surface area contributed by atoms with Crippen molar-refractivity contribution in [2.45, 2.75) is 111 Å². The van der Waals surface area contributed by atoms with Gasteiger partial charge in [-0.05, 0) is 81.3 Å². The minimum atomic E-state index is -1.81. The molecule has 6 heteroatoms. The number of hydrogen-bond donors (Lipinski definition) is 0. The maximum atomic E-state index is 6.84. The zero-order valence-corrected chi connectivity index (χ0v) is 24.5. The van der Waals surface area contributed by atoms with Crippen molar-refractivity contribution in [1.29, 1.82) is 0 Å². The highest BCUT2D eigenvalue weighted by molar-refractivity contribution is 9.10. The Kier molecular flexibility index (Phi) is 8.65. The second-order valence-electron chi connectivity index (χ2n) is 11.1. The molecule has 0 aliphatic carbocycles. The molecular weight excluding hydrogens is 472 g/mol. The molecule has 0 radical (unpaired) electrons. The Labute approximate surface area is 195 Å². The van der Waals surface area contributed by atoms with Gasteiger partial charge in [-0.2, -0.15) is 0 Å². The molecular formula is C24H43BrO3Si2. The van der Waals surface area contributed by atoms with Crippen LogP contribution in [0.3, 0.4) is 0 Å². The fourth-order valence-electron chi connectivity index (χ4n) is 4.38. The summed E-state index contributed by atoms with van der Waals surface area (Å²) in [6.45, 7) is 24.8. The first-order valence-electron chi connectivity index (χ1n) is 11.5. The molecule has 0 spiro atoms. The third-order valence-corrected chi connectivity index (χ3v) is 8.39. The molecule has 1 heterocycles. The van der Waals surface area contributed by atoms with Gasteiger partial charge in [0, 0.05) is 10.4 Å². The van der Waals surface area contributed by atoms with Gasteiger partial charge in [0.2, 0.25) is 0 Å². The number of rotatable bonds is 7. The van der Waals surface area contributed by atoms with Crippen molar-refractivity contribution >= 4 is 32.6 Å². The molecule has 0 amide bonds. The van der Waals surface area contributed by atoms with Crippen LogP contribution >= 0.6 is 15.9 Å². The summed E-state index contributed by atoms with van der Waals surface area (Å²) in [5.74, 6) is 0.776. The molecule has 0 aromatic heterocycles. The molecule has 30 heavy (non-hydrogen) atoms. The molecule has 1 aliphatic rings. The summed E-state index contributed by atoms with van der Waals surface area (Å²) >= 11 is 3.83. The maximum absolute atomic E-state index is 6.84. The van der Waals surface area contributed by atoms with Gasteiger partial charge in [0.25, 0.3) is 0 Å². The fraction of sp³-hybridized carbons (Fsp3) is 0.750. The van der Waals surface area contributed by atoms with E-state index in [0.29, 0.717) is 11.8 Å². The van der Waals surface area contributed by atoms with E-state index in [1.165, 1.54) is 16.7 Å². The number of hydrogen-bond acceptors (Lipinski definition) is 3. The molecule has 0 bridgehead atoms. The van der Waals surface area contributed by atoms with Crippen molar-refractivity contribution in [2.75, 3.05) is 0 Å². The van der Waals surface area contributed by atoms with Crippen LogP contribution in [0.2, 0.25) is 39.3 Å². The Bertz CT molecular complexity index is 724. The fourth-order valence-corrected chi connectivity index (χ4v) is 7.44. The normalized spacial score (nSPS) is 28.2. The van der Waals surface area contributed by atoms with Crippen molar-refractivity contribution in [2.24, 2.45) is 5.92 Å². The molecule has 0 unspecified atom stereocenters. The summed E-state index contributed by atoms with van der Waals surface area (Å²) in [7, 11) is -3.57. The van der Waals surface area contributed by atoms with Gasteiger partial charge in [-0.1, -0.05) is 49.7 Å². The molecule has 172 valence electrons. The van der Waals surface area contributed by atoms with E-state index in [9.17, 15) is 0 Å². The molecule has 1 saturated heterocycles. The van der Waals surface area contributed by atoms with Gasteiger partial charge in [-0.3, -0.25) is 0 Å². The minimum Gasteiger partial charge on any atom is -0.412 e. The molecule has 1 aromatic carbocycles. The molecule has 1 aliphatic heterocycles. The quantitative estimate of drug-likeness (QED) is 0.347. The predicted molar refractivity (Wildman–Crippen MR) is 136 cm³/mol. The van der Waals surface area contributed by atoms with E-state index in [1.807, 2.05) is 0 Å². The molecule has 3 nitrogen and oxygen atoms in total. The average molecular weight is 516 g/mol. The van der Waals surface area contributed by atoms with Crippen LogP contribution in [0, 0.1) is 12.8 Å². The third-order valence-electron chi connectivity index (χ3n) is 5.74. The van der Waals surface area contributed by atoms with Crippen LogP contribution in [0.25, 0.3) is 0 Å². The van der Waals surface area contributed by atoms with Crippen molar-refractivity contribution < 1.29 is 13.6 Å². The molecule has 0 N–H and O–H groups in total. The number of ether oxygens (including phenoxy) is 1. The van der Waals surface area contributed by atoms with Crippen molar-refractivity contribution in [3.63, 3.8) is 0 Å². The van der Waals surface area contributed by atoms with E-state index in [2.05, 4.69) is 102 Å². The van der Waals surface area contributed by atoms with Crippen molar-refractivity contribution in [3.05, 3.63) is 33.3 Å². The molecule has 1 fully saturated rings. The second kappa shape index (κ2) is 9.88. The van der Waals surface area contributed by atoms with E-state index in [1.54, 1.807) is 0 Å². The zero-order chi connectivity index (χ0) is 23.0. The molecule has 0 saturated carbocycles. The Balaban J connectivity index is 2.59. The smallest absolute Gasteiger partial charge is 0.184 e. The lowest BCUT2D eigenvalue weighted by Crippen LogP contribution is -2.57. The van der Waals surface area contributed by atoms with Gasteiger partial charge < -0.3 is 13.6 Å². The number of benzene rings is 1. The summed E-state index contributed by atoms with van der Waals surface area (Å²) in [5, 5.41) is 0. The molecule has 5 atom stereocenters. The summed E-state index contributed by atoms with van der Waals surface area (Å²) in [4.78, 5) is 0. The van der Waals surface area contributed by atoms with E-state index in [-0.39, 0.29) is 24.4 Å². The van der Waals surface area contributed by atoms with Crippen LogP contribution in [0.1, 0.15) is 62.8 Å². The third kappa shape index (κ3) is 6.52. The summed E-state index contributed by atoms with van der Waals surface area (Å²) in [6, 6.07) is 4.58. The predicted octanol–water partition coefficient (Wildman–Crippen LogP) is 7.81. The second-order valence-corrected chi connectivity index (χ2v) is 20.9. The Morgan fingerprint density at radius 2 is 1.53 bits per heavy atom. The Hall–Kier alpha value is 0.0138. The maximum Gasteiger partial charge on any atom is 0.184 e. The van der Waals surface area contributed by atoms with Crippen LogP contribution in [-0.2, 0) is 13.6 Å². The van der Waals surface area contributed by atoms with Gasteiger partial charge >= 0.3 is 0 Å². The standard InChI is InChI=1S/C24H43BrO3Si2/c1-12-21-17(5)22(27-29(6,7)8)24(28-30(9,10)11)23(26-21)19-14-20(25)18(15(2)3)13-16(19)4/h13-15,17,21-24H,12H2,1-11H3/t17-,21+,22-,23-,24-/m0/s1.